The van der Waals surface area contributed by atoms with Gasteiger partial charge in [0.25, 0.3) is 5.91 Å². The average Bonchev–Trinajstić information content (AvgIpc) is 3.23. The topological polar surface area (TPSA) is 49.3 Å². The van der Waals surface area contributed by atoms with Crippen LogP contribution in [0.2, 0.25) is 0 Å². The summed E-state index contributed by atoms with van der Waals surface area (Å²) in [5, 5.41) is 0. The third-order valence-electron chi connectivity index (χ3n) is 5.90. The summed E-state index contributed by atoms with van der Waals surface area (Å²) in [7, 11) is 2.19. The number of aryl methyl sites for hydroxylation is 2. The number of carbonyl (C=O) groups is 1. The van der Waals surface area contributed by atoms with Gasteiger partial charge in [0.15, 0.2) is 0 Å². The molecule has 2 aromatic rings. The highest BCUT2D eigenvalue weighted by Gasteiger charge is 2.38. The standard InChI is InChI=1S/C20H26N4O/c1-13-14(2)22-17-12-15(8-9-16(17)21-13)20(25)24-11-5-7-19(24)18-6-4-10-23(18)3/h8-9,12,18-19H,4-7,10-11H2,1-3H3. The zero-order chi connectivity index (χ0) is 17.6. The Labute approximate surface area is 149 Å². The van der Waals surface area contributed by atoms with Gasteiger partial charge in [-0.2, -0.15) is 0 Å². The van der Waals surface area contributed by atoms with Gasteiger partial charge >= 0.3 is 0 Å². The van der Waals surface area contributed by atoms with E-state index in [0.717, 1.165) is 53.9 Å². The zero-order valence-electron chi connectivity index (χ0n) is 15.3. The quantitative estimate of drug-likeness (QED) is 0.845. The Bertz CT molecular complexity index is 819. The molecule has 2 unspecified atom stereocenters. The van der Waals surface area contributed by atoms with Crippen LogP contribution in [-0.2, 0) is 0 Å². The van der Waals surface area contributed by atoms with E-state index in [-0.39, 0.29) is 5.91 Å². The van der Waals surface area contributed by atoms with E-state index in [4.69, 9.17) is 0 Å². The number of benzene rings is 1. The first-order valence-electron chi connectivity index (χ1n) is 9.31. The van der Waals surface area contributed by atoms with Crippen molar-refractivity contribution in [2.24, 2.45) is 0 Å². The molecule has 0 radical (unpaired) electrons. The van der Waals surface area contributed by atoms with Gasteiger partial charge in [0.05, 0.1) is 22.4 Å². The van der Waals surface area contributed by atoms with Gasteiger partial charge in [-0.25, -0.2) is 9.97 Å². The molecular weight excluding hydrogens is 312 g/mol. The third-order valence-corrected chi connectivity index (χ3v) is 5.90. The molecule has 132 valence electrons. The Hall–Kier alpha value is -2.01. The lowest BCUT2D eigenvalue weighted by Gasteiger charge is -2.33. The van der Waals surface area contributed by atoms with Crippen molar-refractivity contribution >= 4 is 16.9 Å². The van der Waals surface area contributed by atoms with Gasteiger partial charge in [-0.15, -0.1) is 0 Å². The second-order valence-corrected chi connectivity index (χ2v) is 7.50. The molecule has 3 heterocycles. The maximum absolute atomic E-state index is 13.2. The van der Waals surface area contributed by atoms with Gasteiger partial charge < -0.3 is 9.80 Å². The predicted octanol–water partition coefficient (Wildman–Crippen LogP) is 2.95. The van der Waals surface area contributed by atoms with Crippen LogP contribution in [0.15, 0.2) is 18.2 Å². The smallest absolute Gasteiger partial charge is 0.254 e. The molecule has 0 bridgehead atoms. The summed E-state index contributed by atoms with van der Waals surface area (Å²) in [5.74, 6) is 0.143. The summed E-state index contributed by atoms with van der Waals surface area (Å²) in [6, 6.07) is 6.60. The molecule has 1 aromatic heterocycles. The van der Waals surface area contributed by atoms with E-state index in [0.29, 0.717) is 12.1 Å². The molecule has 2 fully saturated rings. The van der Waals surface area contributed by atoms with E-state index in [2.05, 4.69) is 26.8 Å². The summed E-state index contributed by atoms with van der Waals surface area (Å²) in [6.07, 6.45) is 4.66. The third kappa shape index (κ3) is 2.91. The minimum absolute atomic E-state index is 0.143. The molecule has 2 saturated heterocycles. The summed E-state index contributed by atoms with van der Waals surface area (Å²) in [6.45, 7) is 5.94. The van der Waals surface area contributed by atoms with Crippen molar-refractivity contribution in [3.63, 3.8) is 0 Å². The molecule has 2 aliphatic rings. The van der Waals surface area contributed by atoms with E-state index in [1.54, 1.807) is 0 Å². The highest BCUT2D eigenvalue weighted by molar-refractivity contribution is 5.97. The highest BCUT2D eigenvalue weighted by Crippen LogP contribution is 2.30. The van der Waals surface area contributed by atoms with E-state index in [9.17, 15) is 4.79 Å². The normalized spacial score (nSPS) is 24.4. The summed E-state index contributed by atoms with van der Waals surface area (Å²) in [5.41, 5.74) is 4.26. The van der Waals surface area contributed by atoms with Crippen LogP contribution in [0, 0.1) is 13.8 Å². The van der Waals surface area contributed by atoms with Gasteiger partial charge in [0, 0.05) is 24.2 Å². The maximum atomic E-state index is 13.2. The summed E-state index contributed by atoms with van der Waals surface area (Å²) < 4.78 is 0. The second kappa shape index (κ2) is 6.37. The number of aromatic nitrogens is 2. The van der Waals surface area contributed by atoms with Gasteiger partial charge in [-0.05, 0) is 71.3 Å². The van der Waals surface area contributed by atoms with Crippen LogP contribution in [-0.4, -0.2) is 57.9 Å². The van der Waals surface area contributed by atoms with Crippen molar-refractivity contribution in [3.8, 4) is 0 Å². The molecule has 5 heteroatoms. The minimum atomic E-state index is 0.143. The lowest BCUT2D eigenvalue weighted by Crippen LogP contribution is -2.47. The van der Waals surface area contributed by atoms with Gasteiger partial charge in [0.1, 0.15) is 0 Å². The van der Waals surface area contributed by atoms with Crippen molar-refractivity contribution < 1.29 is 4.79 Å². The molecule has 4 rings (SSSR count). The molecule has 0 aliphatic carbocycles. The van der Waals surface area contributed by atoms with Crippen molar-refractivity contribution in [2.45, 2.75) is 51.6 Å². The number of hydrogen-bond acceptors (Lipinski definition) is 4. The van der Waals surface area contributed by atoms with Crippen LogP contribution in [0.25, 0.3) is 11.0 Å². The van der Waals surface area contributed by atoms with Crippen LogP contribution in [0.5, 0.6) is 0 Å². The molecule has 1 amide bonds. The molecule has 25 heavy (non-hydrogen) atoms. The monoisotopic (exact) mass is 338 g/mol. The fourth-order valence-corrected chi connectivity index (χ4v) is 4.40. The van der Waals surface area contributed by atoms with Crippen LogP contribution in [0.1, 0.15) is 47.4 Å². The van der Waals surface area contributed by atoms with Crippen molar-refractivity contribution in [1.29, 1.82) is 0 Å². The van der Waals surface area contributed by atoms with E-state index in [1.807, 2.05) is 32.0 Å². The zero-order valence-corrected chi connectivity index (χ0v) is 15.3. The molecule has 0 spiro atoms. The fourth-order valence-electron chi connectivity index (χ4n) is 4.40. The van der Waals surface area contributed by atoms with E-state index >= 15 is 0 Å². The van der Waals surface area contributed by atoms with Crippen LogP contribution < -0.4 is 0 Å². The number of amides is 1. The number of likely N-dealkylation sites (tertiary alicyclic amines) is 2. The summed E-state index contributed by atoms with van der Waals surface area (Å²) in [4.78, 5) is 26.9. The highest BCUT2D eigenvalue weighted by atomic mass is 16.2. The van der Waals surface area contributed by atoms with Crippen molar-refractivity contribution in [1.82, 2.24) is 19.8 Å². The number of rotatable bonds is 2. The van der Waals surface area contributed by atoms with E-state index in [1.165, 1.54) is 12.8 Å². The van der Waals surface area contributed by atoms with Crippen molar-refractivity contribution in [3.05, 3.63) is 35.2 Å². The van der Waals surface area contributed by atoms with Gasteiger partial charge in [-0.1, -0.05) is 0 Å². The molecular formula is C20H26N4O. The predicted molar refractivity (Wildman–Crippen MR) is 98.7 cm³/mol. The Morgan fingerprint density at radius 3 is 2.40 bits per heavy atom. The Kier molecular flexibility index (Phi) is 4.20. The SMILES string of the molecule is Cc1nc2ccc(C(=O)N3CCCC3C3CCCN3C)cc2nc1C. The van der Waals surface area contributed by atoms with Crippen molar-refractivity contribution in [2.75, 3.05) is 20.1 Å². The van der Waals surface area contributed by atoms with Crippen LogP contribution in [0.3, 0.4) is 0 Å². The lowest BCUT2D eigenvalue weighted by atomic mass is 10.0. The molecule has 0 saturated carbocycles. The number of nitrogens with zero attached hydrogens (tertiary/aromatic N) is 4. The van der Waals surface area contributed by atoms with Gasteiger partial charge in [-0.3, -0.25) is 4.79 Å². The maximum Gasteiger partial charge on any atom is 0.254 e. The number of likely N-dealkylation sites (N-methyl/N-ethyl adjacent to an activating group) is 1. The fraction of sp³-hybridized carbons (Fsp3) is 0.550. The van der Waals surface area contributed by atoms with E-state index < -0.39 is 0 Å². The molecule has 0 N–H and O–H groups in total. The Balaban J connectivity index is 1.63. The lowest BCUT2D eigenvalue weighted by molar-refractivity contribution is 0.0664. The Morgan fingerprint density at radius 2 is 1.68 bits per heavy atom. The number of fused-ring (bicyclic) bond motifs is 1. The average molecular weight is 338 g/mol. The largest absolute Gasteiger partial charge is 0.334 e. The second-order valence-electron chi connectivity index (χ2n) is 7.50. The van der Waals surface area contributed by atoms with Gasteiger partial charge in [0.2, 0.25) is 0 Å². The molecule has 2 atom stereocenters. The minimum Gasteiger partial charge on any atom is -0.334 e. The molecule has 5 nitrogen and oxygen atoms in total. The summed E-state index contributed by atoms with van der Waals surface area (Å²) >= 11 is 0. The first-order valence-corrected chi connectivity index (χ1v) is 9.31. The van der Waals surface area contributed by atoms with Crippen LogP contribution in [0.4, 0.5) is 0 Å². The first-order chi connectivity index (χ1) is 12.0. The first kappa shape index (κ1) is 16.5. The van der Waals surface area contributed by atoms with Crippen LogP contribution >= 0.6 is 0 Å². The Morgan fingerprint density at radius 1 is 1.00 bits per heavy atom. The number of hydrogen-bond donors (Lipinski definition) is 0. The molecule has 2 aliphatic heterocycles. The molecule has 1 aromatic carbocycles. The number of carbonyl (C=O) groups excluding carboxylic acids is 1.